The van der Waals surface area contributed by atoms with Gasteiger partial charge in [0.15, 0.2) is 5.78 Å². The lowest BCUT2D eigenvalue weighted by molar-refractivity contribution is 0.103. The summed E-state index contributed by atoms with van der Waals surface area (Å²) in [6, 6.07) is 27.0. The predicted molar refractivity (Wildman–Crippen MR) is 185 cm³/mol. The first-order chi connectivity index (χ1) is 21.7. The number of carbonyl (C=O) groups is 2. The van der Waals surface area contributed by atoms with Crippen molar-refractivity contribution in [1.82, 2.24) is 4.57 Å². The summed E-state index contributed by atoms with van der Waals surface area (Å²) in [5.41, 5.74) is 5.91. The van der Waals surface area contributed by atoms with Gasteiger partial charge in [-0.05, 0) is 68.8 Å². The van der Waals surface area contributed by atoms with Gasteiger partial charge in [0.1, 0.15) is 17.2 Å². The third kappa shape index (κ3) is 6.64. The van der Waals surface area contributed by atoms with Crippen LogP contribution in [0.5, 0.6) is 0 Å². The highest BCUT2D eigenvalue weighted by atomic mass is 32.2. The average Bonchev–Trinajstić information content (AvgIpc) is 3.37. The Morgan fingerprint density at radius 2 is 1.49 bits per heavy atom. The van der Waals surface area contributed by atoms with Crippen molar-refractivity contribution in [3.05, 3.63) is 132 Å². The van der Waals surface area contributed by atoms with Crippen LogP contribution in [-0.4, -0.2) is 34.7 Å². The van der Waals surface area contributed by atoms with Gasteiger partial charge in [-0.15, -0.1) is 11.8 Å². The molecule has 5 rings (SSSR count). The average molecular weight is 617 g/mol. The number of carbonyl (C=O) groups excluding carboxylic acids is 2. The molecular weight excluding hydrogens is 580 g/mol. The molecule has 6 nitrogen and oxygen atoms in total. The molecule has 0 saturated carbocycles. The molecule has 0 spiro atoms. The van der Waals surface area contributed by atoms with Gasteiger partial charge in [-0.3, -0.25) is 9.59 Å². The molecule has 0 aliphatic rings. The van der Waals surface area contributed by atoms with Crippen LogP contribution in [0.4, 0.5) is 0 Å². The van der Waals surface area contributed by atoms with Gasteiger partial charge < -0.3 is 14.1 Å². The number of Topliss-reactive ketones (excluding diaryl/α,β-unsaturated/α-hetero) is 1. The van der Waals surface area contributed by atoms with E-state index in [1.165, 1.54) is 0 Å². The van der Waals surface area contributed by atoms with Crippen LogP contribution in [-0.2, 0) is 16.1 Å². The largest absolute Gasteiger partial charge is 0.497 e. The summed E-state index contributed by atoms with van der Waals surface area (Å²) in [4.78, 5) is 33.8. The number of oxime groups is 1. The summed E-state index contributed by atoms with van der Waals surface area (Å²) in [7, 11) is 1.60. The van der Waals surface area contributed by atoms with Crippen LogP contribution in [0.3, 0.4) is 0 Å². The summed E-state index contributed by atoms with van der Waals surface area (Å²) in [6.07, 6.45) is 0.369. The molecule has 0 unspecified atom stereocenters. The number of ketones is 2. The molecule has 0 radical (unpaired) electrons. The van der Waals surface area contributed by atoms with E-state index in [0.717, 1.165) is 44.4 Å². The molecule has 1 aromatic heterocycles. The number of nitrogens with zero attached hydrogens (tertiary/aromatic N) is 2. The van der Waals surface area contributed by atoms with E-state index >= 15 is 0 Å². The Morgan fingerprint density at radius 1 is 0.867 bits per heavy atom. The fraction of sp³-hybridized carbons (Fsp3) is 0.184. The van der Waals surface area contributed by atoms with Gasteiger partial charge in [0.25, 0.3) is 0 Å². The molecule has 45 heavy (non-hydrogen) atoms. The Morgan fingerprint density at radius 3 is 2.13 bits per heavy atom. The van der Waals surface area contributed by atoms with Gasteiger partial charge in [0.2, 0.25) is 5.78 Å². The van der Waals surface area contributed by atoms with Crippen LogP contribution in [0.2, 0.25) is 0 Å². The number of hydrogen-bond donors (Lipinski definition) is 0. The maximum Gasteiger partial charge on any atom is 0.210 e. The first-order valence-corrected chi connectivity index (χ1v) is 15.8. The zero-order valence-corrected chi connectivity index (χ0v) is 26.9. The Hall–Kier alpha value is -4.88. The minimum absolute atomic E-state index is 0.0286. The second-order valence-electron chi connectivity index (χ2n) is 10.7. The molecule has 0 amide bonds. The van der Waals surface area contributed by atoms with Crippen molar-refractivity contribution in [2.45, 2.75) is 38.6 Å². The molecule has 228 valence electrons. The Labute approximate surface area is 268 Å². The first-order valence-electron chi connectivity index (χ1n) is 14.8. The van der Waals surface area contributed by atoms with Crippen molar-refractivity contribution in [3.63, 3.8) is 0 Å². The predicted octanol–water partition coefficient (Wildman–Crippen LogP) is 9.24. The van der Waals surface area contributed by atoms with Gasteiger partial charge in [-0.25, -0.2) is 0 Å². The molecule has 0 fully saturated rings. The molecule has 7 heteroatoms. The van der Waals surface area contributed by atoms with Gasteiger partial charge in [0, 0.05) is 67.7 Å². The van der Waals surface area contributed by atoms with Gasteiger partial charge in [0.05, 0.1) is 7.11 Å². The van der Waals surface area contributed by atoms with E-state index in [1.54, 1.807) is 25.8 Å². The van der Waals surface area contributed by atoms with Crippen LogP contribution >= 0.6 is 11.8 Å². The van der Waals surface area contributed by atoms with Gasteiger partial charge in [-0.2, -0.15) is 0 Å². The van der Waals surface area contributed by atoms with E-state index < -0.39 is 0 Å². The van der Waals surface area contributed by atoms with E-state index in [2.05, 4.69) is 29.8 Å². The number of methoxy groups -OCH3 is 1. The maximum absolute atomic E-state index is 13.9. The number of allylic oxidation sites excluding steroid dienone is 1. The van der Waals surface area contributed by atoms with Crippen LogP contribution in [0.25, 0.3) is 27.6 Å². The summed E-state index contributed by atoms with van der Waals surface area (Å²) >= 11 is 1.59. The van der Waals surface area contributed by atoms with Crippen LogP contribution < -0.4 is 0 Å². The van der Waals surface area contributed by atoms with Crippen molar-refractivity contribution < 1.29 is 19.2 Å². The van der Waals surface area contributed by atoms with Crippen molar-refractivity contribution >= 4 is 56.6 Å². The first kappa shape index (κ1) is 31.5. The minimum atomic E-state index is -0.224. The third-order valence-corrected chi connectivity index (χ3v) is 8.77. The molecule has 1 heterocycles. The fourth-order valence-electron chi connectivity index (χ4n) is 5.40. The number of ether oxygens (including phenoxy) is 1. The molecule has 0 saturated heterocycles. The molecule has 0 aliphatic carbocycles. The molecule has 4 aromatic carbocycles. The number of rotatable bonds is 13. The molecule has 5 aromatic rings. The molecule has 0 N–H and O–H groups in total. The van der Waals surface area contributed by atoms with Crippen molar-refractivity contribution in [2.75, 3.05) is 12.9 Å². The van der Waals surface area contributed by atoms with Crippen molar-refractivity contribution in [1.29, 1.82) is 0 Å². The summed E-state index contributed by atoms with van der Waals surface area (Å²) in [6.45, 7) is 14.2. The second-order valence-corrected chi connectivity index (χ2v) is 11.9. The maximum atomic E-state index is 13.9. The topological polar surface area (TPSA) is 69.9 Å². The number of aryl methyl sites for hydroxylation is 2. The van der Waals surface area contributed by atoms with Crippen LogP contribution in [0.15, 0.2) is 114 Å². The quantitative estimate of drug-likeness (QED) is 0.0434. The fourth-order valence-corrected chi connectivity index (χ4v) is 6.43. The molecular formula is C38H36N2O4S. The Bertz CT molecular complexity index is 1990. The van der Waals surface area contributed by atoms with E-state index in [-0.39, 0.29) is 11.6 Å². The number of thioether (sulfide) groups is 1. The normalized spacial score (nSPS) is 11.5. The third-order valence-electron chi connectivity index (χ3n) is 7.70. The summed E-state index contributed by atoms with van der Waals surface area (Å²) < 4.78 is 7.55. The standard InChI is InChI=1S/C38H36N2O4S/c1-7-40-34-18-16-27(37(41)29-13-9-8-12-25(29)4)22-31(34)32-23-28(17-19-35(32)40)38(42)33(39-44-24(2)3)20-21-45-36-15-11-10-14-30(36)26(5)43-6/h8-19,22-23H,2,5,7,20-21H2,1,3-4,6H3/b39-33+. The SMILES string of the molecule is C=C(C)O/N=C(\CCSc1ccccc1C(=C)OC)C(=O)c1ccc2c(c1)c1cc(C(=O)c3ccccc3C)ccc1n2CC. The lowest BCUT2D eigenvalue weighted by Crippen LogP contribution is -2.16. The summed E-state index contributed by atoms with van der Waals surface area (Å²) in [5, 5.41) is 6.03. The highest BCUT2D eigenvalue weighted by molar-refractivity contribution is 7.99. The van der Waals surface area contributed by atoms with Gasteiger partial charge in [-0.1, -0.05) is 60.8 Å². The van der Waals surface area contributed by atoms with Crippen molar-refractivity contribution in [2.24, 2.45) is 5.16 Å². The molecule has 0 bridgehead atoms. The minimum Gasteiger partial charge on any atom is -0.497 e. The smallest absolute Gasteiger partial charge is 0.210 e. The lowest BCUT2D eigenvalue weighted by atomic mass is 9.97. The monoisotopic (exact) mass is 616 g/mol. The Balaban J connectivity index is 1.49. The number of aromatic nitrogens is 1. The van der Waals surface area contributed by atoms with Gasteiger partial charge >= 0.3 is 0 Å². The summed E-state index contributed by atoms with van der Waals surface area (Å²) in [5.74, 6) is 1.30. The zero-order chi connectivity index (χ0) is 32.1. The second kappa shape index (κ2) is 13.8. The number of fused-ring (bicyclic) bond motifs is 3. The van der Waals surface area contributed by atoms with E-state index in [4.69, 9.17) is 9.57 Å². The lowest BCUT2D eigenvalue weighted by Gasteiger charge is -2.11. The molecule has 0 atom stereocenters. The van der Waals surface area contributed by atoms with E-state index in [0.29, 0.717) is 46.1 Å². The number of benzene rings is 4. The zero-order valence-electron chi connectivity index (χ0n) is 26.1. The number of hydrogen-bond acceptors (Lipinski definition) is 6. The van der Waals surface area contributed by atoms with Crippen LogP contribution in [0.1, 0.15) is 57.7 Å². The van der Waals surface area contributed by atoms with E-state index in [9.17, 15) is 9.59 Å². The van der Waals surface area contributed by atoms with Crippen molar-refractivity contribution in [3.8, 4) is 0 Å². The van der Waals surface area contributed by atoms with Crippen LogP contribution in [0, 0.1) is 6.92 Å². The van der Waals surface area contributed by atoms with E-state index in [1.807, 2.05) is 91.9 Å². The highest BCUT2D eigenvalue weighted by Crippen LogP contribution is 2.32. The highest BCUT2D eigenvalue weighted by Gasteiger charge is 2.20. The Kier molecular flexibility index (Phi) is 9.69. The molecule has 0 aliphatic heterocycles.